The van der Waals surface area contributed by atoms with Gasteiger partial charge < -0.3 is 9.26 Å². The van der Waals surface area contributed by atoms with Gasteiger partial charge in [0.05, 0.1) is 18.2 Å². The first-order chi connectivity index (χ1) is 7.56. The predicted molar refractivity (Wildman–Crippen MR) is 59.0 cm³/mol. The van der Waals surface area contributed by atoms with Gasteiger partial charge in [0.1, 0.15) is 0 Å². The van der Waals surface area contributed by atoms with E-state index in [1.54, 1.807) is 0 Å². The molecule has 2 heterocycles. The highest BCUT2D eigenvalue weighted by Crippen LogP contribution is 2.22. The van der Waals surface area contributed by atoms with Gasteiger partial charge in [-0.05, 0) is 27.7 Å². The van der Waals surface area contributed by atoms with Crippen LogP contribution in [0, 0.1) is 6.92 Å². The van der Waals surface area contributed by atoms with E-state index in [-0.39, 0.29) is 18.2 Å². The Morgan fingerprint density at radius 1 is 1.31 bits per heavy atom. The van der Waals surface area contributed by atoms with Crippen LogP contribution in [-0.2, 0) is 4.74 Å². The lowest BCUT2D eigenvalue weighted by atomic mass is 10.2. The predicted octanol–water partition coefficient (Wildman–Crippen LogP) is 1.55. The highest BCUT2D eigenvalue weighted by Gasteiger charge is 2.28. The zero-order valence-electron chi connectivity index (χ0n) is 10.3. The molecule has 1 saturated heterocycles. The summed E-state index contributed by atoms with van der Waals surface area (Å²) in [4.78, 5) is 6.60. The molecule has 0 unspecified atom stereocenters. The Kier molecular flexibility index (Phi) is 3.25. The van der Waals surface area contributed by atoms with E-state index in [0.29, 0.717) is 11.7 Å². The van der Waals surface area contributed by atoms with Crippen molar-refractivity contribution < 1.29 is 9.26 Å². The molecule has 2 rings (SSSR count). The second kappa shape index (κ2) is 4.51. The SMILES string of the molecule is Cc1noc([C@H](C)N2C[C@@H](C)O[C@H](C)C2)n1. The van der Waals surface area contributed by atoms with Gasteiger partial charge in [0.25, 0.3) is 0 Å². The molecule has 1 fully saturated rings. The van der Waals surface area contributed by atoms with Crippen molar-refractivity contribution in [3.8, 4) is 0 Å². The molecule has 0 spiro atoms. The first kappa shape index (κ1) is 11.5. The maximum Gasteiger partial charge on any atom is 0.243 e. The van der Waals surface area contributed by atoms with Gasteiger partial charge in [0, 0.05) is 13.1 Å². The number of nitrogens with zero attached hydrogens (tertiary/aromatic N) is 3. The van der Waals surface area contributed by atoms with Gasteiger partial charge in [-0.3, -0.25) is 4.90 Å². The monoisotopic (exact) mass is 225 g/mol. The summed E-state index contributed by atoms with van der Waals surface area (Å²) in [6.45, 7) is 9.94. The number of aromatic nitrogens is 2. The third kappa shape index (κ3) is 2.41. The Bertz CT molecular complexity index is 343. The highest BCUT2D eigenvalue weighted by molar-refractivity contribution is 4.92. The lowest BCUT2D eigenvalue weighted by Gasteiger charge is -2.37. The van der Waals surface area contributed by atoms with Crippen molar-refractivity contribution in [3.63, 3.8) is 0 Å². The fourth-order valence-electron chi connectivity index (χ4n) is 2.17. The van der Waals surface area contributed by atoms with Crippen molar-refractivity contribution in [3.05, 3.63) is 11.7 Å². The van der Waals surface area contributed by atoms with Crippen LogP contribution >= 0.6 is 0 Å². The van der Waals surface area contributed by atoms with Crippen molar-refractivity contribution in [1.29, 1.82) is 0 Å². The van der Waals surface area contributed by atoms with Crippen LogP contribution < -0.4 is 0 Å². The first-order valence-corrected chi connectivity index (χ1v) is 5.76. The van der Waals surface area contributed by atoms with Gasteiger partial charge in [-0.1, -0.05) is 5.16 Å². The van der Waals surface area contributed by atoms with Crippen LogP contribution in [0.1, 0.15) is 38.5 Å². The molecule has 0 bridgehead atoms. The van der Waals surface area contributed by atoms with Crippen LogP contribution in [0.2, 0.25) is 0 Å². The zero-order valence-corrected chi connectivity index (χ0v) is 10.3. The molecule has 90 valence electrons. The fraction of sp³-hybridized carbons (Fsp3) is 0.818. The summed E-state index contributed by atoms with van der Waals surface area (Å²) in [5, 5.41) is 3.83. The molecule has 0 aromatic carbocycles. The van der Waals surface area contributed by atoms with Gasteiger partial charge >= 0.3 is 0 Å². The molecule has 0 radical (unpaired) electrons. The molecule has 0 amide bonds. The molecular weight excluding hydrogens is 206 g/mol. The van der Waals surface area contributed by atoms with Gasteiger partial charge in [-0.25, -0.2) is 0 Å². The lowest BCUT2D eigenvalue weighted by molar-refractivity contribution is -0.0818. The van der Waals surface area contributed by atoms with E-state index in [9.17, 15) is 0 Å². The van der Waals surface area contributed by atoms with Crippen molar-refractivity contribution in [1.82, 2.24) is 15.0 Å². The molecule has 0 saturated carbocycles. The van der Waals surface area contributed by atoms with Crippen LogP contribution in [0.3, 0.4) is 0 Å². The van der Waals surface area contributed by atoms with Crippen LogP contribution in [0.5, 0.6) is 0 Å². The number of rotatable bonds is 2. The Hall–Kier alpha value is -0.940. The topological polar surface area (TPSA) is 51.4 Å². The van der Waals surface area contributed by atoms with E-state index in [0.717, 1.165) is 13.1 Å². The van der Waals surface area contributed by atoms with E-state index < -0.39 is 0 Å². The minimum Gasteiger partial charge on any atom is -0.373 e. The fourth-order valence-corrected chi connectivity index (χ4v) is 2.17. The number of ether oxygens (including phenoxy) is 1. The summed E-state index contributed by atoms with van der Waals surface area (Å²) in [6, 6.07) is 0.162. The Morgan fingerprint density at radius 2 is 1.94 bits per heavy atom. The van der Waals surface area contributed by atoms with Gasteiger partial charge in [-0.2, -0.15) is 4.98 Å². The molecule has 5 nitrogen and oxygen atoms in total. The van der Waals surface area contributed by atoms with Crippen LogP contribution in [0.15, 0.2) is 4.52 Å². The normalized spacial score (nSPS) is 29.2. The Morgan fingerprint density at radius 3 is 2.44 bits per heavy atom. The van der Waals surface area contributed by atoms with Crippen LogP contribution in [-0.4, -0.2) is 40.3 Å². The van der Waals surface area contributed by atoms with E-state index in [1.807, 2.05) is 6.92 Å². The summed E-state index contributed by atoms with van der Waals surface area (Å²) >= 11 is 0. The second-order valence-electron chi connectivity index (χ2n) is 4.57. The van der Waals surface area contributed by atoms with Crippen molar-refractivity contribution >= 4 is 0 Å². The quantitative estimate of drug-likeness (QED) is 0.764. The Labute approximate surface area is 95.8 Å². The minimum absolute atomic E-state index is 0.162. The summed E-state index contributed by atoms with van der Waals surface area (Å²) in [5.41, 5.74) is 0. The largest absolute Gasteiger partial charge is 0.373 e. The molecule has 0 aliphatic carbocycles. The molecular formula is C11H19N3O2. The molecule has 0 N–H and O–H groups in total. The van der Waals surface area contributed by atoms with E-state index in [1.165, 1.54) is 0 Å². The van der Waals surface area contributed by atoms with Gasteiger partial charge in [0.2, 0.25) is 5.89 Å². The second-order valence-corrected chi connectivity index (χ2v) is 4.57. The van der Waals surface area contributed by atoms with Crippen LogP contribution in [0.4, 0.5) is 0 Å². The summed E-state index contributed by atoms with van der Waals surface area (Å²) in [6.07, 6.45) is 0.519. The third-order valence-electron chi connectivity index (χ3n) is 2.90. The van der Waals surface area contributed by atoms with Crippen molar-refractivity contribution in [2.24, 2.45) is 0 Å². The molecule has 1 aromatic rings. The third-order valence-corrected chi connectivity index (χ3v) is 2.90. The summed E-state index contributed by atoms with van der Waals surface area (Å²) in [5.74, 6) is 1.38. The molecule has 16 heavy (non-hydrogen) atoms. The van der Waals surface area contributed by atoms with E-state index in [4.69, 9.17) is 9.26 Å². The lowest BCUT2D eigenvalue weighted by Crippen LogP contribution is -2.46. The van der Waals surface area contributed by atoms with Crippen molar-refractivity contribution in [2.45, 2.75) is 45.9 Å². The highest BCUT2D eigenvalue weighted by atomic mass is 16.5. The molecule has 3 atom stereocenters. The molecule has 1 aliphatic heterocycles. The molecule has 1 aliphatic rings. The number of aryl methyl sites for hydroxylation is 1. The standard InChI is InChI=1S/C11H19N3O2/c1-7-5-14(6-8(2)15-7)9(3)11-12-10(4)13-16-11/h7-9H,5-6H2,1-4H3/t7-,8-,9+/m1/s1. The number of hydrogen-bond donors (Lipinski definition) is 0. The average Bonchev–Trinajstić information content (AvgIpc) is 2.62. The van der Waals surface area contributed by atoms with Crippen LogP contribution in [0.25, 0.3) is 0 Å². The summed E-state index contributed by atoms with van der Waals surface area (Å²) in [7, 11) is 0. The number of hydrogen-bond acceptors (Lipinski definition) is 5. The van der Waals surface area contributed by atoms with Gasteiger partial charge in [0.15, 0.2) is 5.82 Å². The first-order valence-electron chi connectivity index (χ1n) is 5.76. The molecule has 5 heteroatoms. The summed E-state index contributed by atoms with van der Waals surface area (Å²) < 4.78 is 10.9. The smallest absolute Gasteiger partial charge is 0.243 e. The zero-order chi connectivity index (χ0) is 11.7. The average molecular weight is 225 g/mol. The number of morpholine rings is 1. The van der Waals surface area contributed by atoms with E-state index in [2.05, 4.69) is 35.8 Å². The van der Waals surface area contributed by atoms with Crippen molar-refractivity contribution in [2.75, 3.05) is 13.1 Å². The van der Waals surface area contributed by atoms with E-state index >= 15 is 0 Å². The minimum atomic E-state index is 0.162. The maximum absolute atomic E-state index is 5.70. The van der Waals surface area contributed by atoms with Gasteiger partial charge in [-0.15, -0.1) is 0 Å². The maximum atomic E-state index is 5.70. The molecule has 1 aromatic heterocycles. The Balaban J connectivity index is 2.06.